The Hall–Kier alpha value is -4.68. The maximum absolute atomic E-state index is 9.20. The van der Waals surface area contributed by atoms with Gasteiger partial charge in [-0.3, -0.25) is 0 Å². The van der Waals surface area contributed by atoms with Gasteiger partial charge in [-0.25, -0.2) is 9.98 Å². The summed E-state index contributed by atoms with van der Waals surface area (Å²) in [5.74, 6) is 2.98. The lowest BCUT2D eigenvalue weighted by Gasteiger charge is -2.24. The second-order valence-electron chi connectivity index (χ2n) is 9.66. The van der Waals surface area contributed by atoms with E-state index in [-0.39, 0.29) is 5.92 Å². The van der Waals surface area contributed by atoms with E-state index in [0.29, 0.717) is 54.2 Å². The molecule has 0 N–H and O–H groups in total. The third-order valence-corrected chi connectivity index (χ3v) is 6.85. The van der Waals surface area contributed by atoms with Crippen LogP contribution in [0.25, 0.3) is 0 Å². The number of hydrogen-bond acceptors (Lipinski definition) is 8. The highest BCUT2D eigenvalue weighted by atomic mass is 35.5. The van der Waals surface area contributed by atoms with E-state index in [4.69, 9.17) is 36.2 Å². The Morgan fingerprint density at radius 2 is 1.73 bits per heavy atom. The van der Waals surface area contributed by atoms with Crippen LogP contribution in [0.2, 0.25) is 5.02 Å². The molecule has 0 unspecified atom stereocenters. The largest absolute Gasteiger partial charge is 0.497 e. The molecular weight excluding hydrogens is 538 g/mol. The van der Waals surface area contributed by atoms with Crippen molar-refractivity contribution in [1.82, 2.24) is 14.9 Å². The maximum atomic E-state index is 9.20. The van der Waals surface area contributed by atoms with Crippen LogP contribution in [0, 0.1) is 11.3 Å². The molecule has 0 radical (unpaired) electrons. The minimum Gasteiger partial charge on any atom is -0.497 e. The number of anilines is 1. The lowest BCUT2D eigenvalue weighted by atomic mass is 10.1. The fraction of sp³-hybridized carbons (Fsp3) is 0.258. The van der Waals surface area contributed by atoms with Crippen LogP contribution in [0.3, 0.4) is 0 Å². The van der Waals surface area contributed by atoms with Gasteiger partial charge in [0.2, 0.25) is 5.82 Å². The maximum Gasteiger partial charge on any atom is 0.204 e. The Balaban J connectivity index is 1.37. The Kier molecular flexibility index (Phi) is 8.61. The minimum absolute atomic E-state index is 0.153. The molecule has 0 spiro atoms. The SMILES string of the molecule is COc1ccc(OCCN(CCC#N)c2ccc(/N=C3/C(c4ccccc4Cl)=Nn4nc(C(C)C)nc43)cc2)cc1. The van der Waals surface area contributed by atoms with Crippen LogP contribution in [0.4, 0.5) is 11.4 Å². The van der Waals surface area contributed by atoms with E-state index in [1.807, 2.05) is 86.6 Å². The number of nitrogens with zero attached hydrogens (tertiary/aromatic N) is 7. The van der Waals surface area contributed by atoms with Gasteiger partial charge in [-0.05, 0) is 54.6 Å². The number of fused-ring (bicyclic) bond motifs is 1. The average molecular weight is 568 g/mol. The number of rotatable bonds is 11. The topological polar surface area (TPSA) is 101 Å². The van der Waals surface area contributed by atoms with Crippen molar-refractivity contribution >= 4 is 34.4 Å². The van der Waals surface area contributed by atoms with Crippen LogP contribution in [-0.2, 0) is 0 Å². The van der Waals surface area contributed by atoms with E-state index in [1.54, 1.807) is 7.11 Å². The number of aliphatic imine (C=N–C) groups is 1. The van der Waals surface area contributed by atoms with Gasteiger partial charge in [0.25, 0.3) is 0 Å². The van der Waals surface area contributed by atoms with Crippen LogP contribution in [0.1, 0.15) is 43.4 Å². The zero-order chi connectivity index (χ0) is 28.8. The first-order valence-electron chi connectivity index (χ1n) is 13.4. The number of aromatic nitrogens is 3. The fourth-order valence-electron chi connectivity index (χ4n) is 4.34. The molecule has 208 valence electrons. The molecule has 1 aliphatic rings. The predicted octanol–water partition coefficient (Wildman–Crippen LogP) is 6.25. The highest BCUT2D eigenvalue weighted by molar-refractivity contribution is 6.56. The van der Waals surface area contributed by atoms with Crippen molar-refractivity contribution in [2.45, 2.75) is 26.2 Å². The van der Waals surface area contributed by atoms with E-state index in [0.717, 1.165) is 28.4 Å². The molecule has 9 nitrogen and oxygen atoms in total. The van der Waals surface area contributed by atoms with Gasteiger partial charge in [-0.15, -0.1) is 15.0 Å². The third kappa shape index (κ3) is 6.39. The van der Waals surface area contributed by atoms with Gasteiger partial charge in [-0.1, -0.05) is 43.6 Å². The molecule has 0 saturated carbocycles. The summed E-state index contributed by atoms with van der Waals surface area (Å²) in [7, 11) is 1.63. The summed E-state index contributed by atoms with van der Waals surface area (Å²) in [6.07, 6.45) is 0.401. The van der Waals surface area contributed by atoms with Crippen molar-refractivity contribution in [3.63, 3.8) is 0 Å². The summed E-state index contributed by atoms with van der Waals surface area (Å²) in [6, 6.07) is 25.1. The summed E-state index contributed by atoms with van der Waals surface area (Å²) in [5.41, 5.74) is 3.71. The monoisotopic (exact) mass is 567 g/mol. The molecule has 5 rings (SSSR count). The summed E-state index contributed by atoms with van der Waals surface area (Å²) >= 11 is 6.53. The number of methoxy groups -OCH3 is 1. The van der Waals surface area contributed by atoms with Gasteiger partial charge in [0.15, 0.2) is 5.82 Å². The number of nitriles is 1. The molecule has 10 heteroatoms. The Morgan fingerprint density at radius 3 is 2.41 bits per heavy atom. The predicted molar refractivity (Wildman–Crippen MR) is 161 cm³/mol. The van der Waals surface area contributed by atoms with Crippen molar-refractivity contribution in [3.05, 3.63) is 95.0 Å². The second-order valence-corrected chi connectivity index (χ2v) is 10.1. The minimum atomic E-state index is 0.153. The summed E-state index contributed by atoms with van der Waals surface area (Å²) in [6.45, 7) is 5.75. The molecule has 0 bridgehead atoms. The molecule has 3 aromatic carbocycles. The molecule has 41 heavy (non-hydrogen) atoms. The summed E-state index contributed by atoms with van der Waals surface area (Å²) < 4.78 is 11.1. The third-order valence-electron chi connectivity index (χ3n) is 6.52. The molecule has 4 aromatic rings. The van der Waals surface area contributed by atoms with Crippen molar-refractivity contribution in [2.24, 2.45) is 10.1 Å². The van der Waals surface area contributed by atoms with Crippen molar-refractivity contribution in [3.8, 4) is 17.6 Å². The highest BCUT2D eigenvalue weighted by Crippen LogP contribution is 2.27. The molecule has 0 fully saturated rings. The second kappa shape index (κ2) is 12.7. The normalized spacial score (nSPS) is 13.2. The molecule has 1 aliphatic heterocycles. The molecule has 1 aromatic heterocycles. The molecule has 0 saturated heterocycles. The van der Waals surface area contributed by atoms with Crippen molar-refractivity contribution in [1.29, 1.82) is 5.26 Å². The van der Waals surface area contributed by atoms with Gasteiger partial charge < -0.3 is 14.4 Å². The highest BCUT2D eigenvalue weighted by Gasteiger charge is 2.30. The number of ether oxygens (including phenoxy) is 2. The van der Waals surface area contributed by atoms with Crippen molar-refractivity contribution in [2.75, 3.05) is 31.7 Å². The number of halogens is 1. The van der Waals surface area contributed by atoms with E-state index in [1.165, 1.54) is 4.79 Å². The number of hydrogen-bond donors (Lipinski definition) is 0. The van der Waals surface area contributed by atoms with Gasteiger partial charge in [0.05, 0.1) is 36.9 Å². The molecule has 0 aliphatic carbocycles. The first-order valence-corrected chi connectivity index (χ1v) is 13.7. The molecular formula is C31H30ClN7O2. The van der Waals surface area contributed by atoms with E-state index in [2.05, 4.69) is 16.1 Å². The van der Waals surface area contributed by atoms with Gasteiger partial charge >= 0.3 is 0 Å². The first-order chi connectivity index (χ1) is 20.0. The van der Waals surface area contributed by atoms with Crippen LogP contribution in [0.15, 0.2) is 82.9 Å². The lowest BCUT2D eigenvalue weighted by Crippen LogP contribution is -2.29. The average Bonchev–Trinajstić information content (AvgIpc) is 3.55. The van der Waals surface area contributed by atoms with Crippen LogP contribution in [0.5, 0.6) is 11.5 Å². The zero-order valence-electron chi connectivity index (χ0n) is 23.2. The van der Waals surface area contributed by atoms with E-state index >= 15 is 0 Å². The summed E-state index contributed by atoms with van der Waals surface area (Å²) in [5, 5.41) is 19.0. The summed E-state index contributed by atoms with van der Waals surface area (Å²) in [4.78, 5) is 13.3. The fourth-order valence-corrected chi connectivity index (χ4v) is 4.56. The van der Waals surface area contributed by atoms with Crippen LogP contribution < -0.4 is 14.4 Å². The quantitative estimate of drug-likeness (QED) is 0.212. The molecule has 0 atom stereocenters. The van der Waals surface area contributed by atoms with Crippen LogP contribution >= 0.6 is 11.6 Å². The van der Waals surface area contributed by atoms with E-state index < -0.39 is 0 Å². The standard InChI is InChI=1S/C31H30ClN7O2/c1-21(2)30-35-31-29(28(36-39(31)37-30)26-7-4-5-8-27(26)32)34-22-9-11-23(12-10-22)38(18-6-17-33)19-20-41-25-15-13-24(40-3)14-16-25/h4-5,7-16,21H,6,18-20H2,1-3H3/b34-29-. The van der Waals surface area contributed by atoms with Crippen LogP contribution in [-0.4, -0.2) is 53.1 Å². The van der Waals surface area contributed by atoms with Gasteiger partial charge in [-0.2, -0.15) is 5.26 Å². The van der Waals surface area contributed by atoms with Gasteiger partial charge in [0, 0.05) is 23.7 Å². The van der Waals surface area contributed by atoms with Gasteiger partial charge in [0.1, 0.15) is 29.5 Å². The molecule has 0 amide bonds. The van der Waals surface area contributed by atoms with Crippen molar-refractivity contribution < 1.29 is 9.47 Å². The first kappa shape index (κ1) is 27.9. The smallest absolute Gasteiger partial charge is 0.204 e. The Bertz CT molecular complexity index is 1600. The van der Waals surface area contributed by atoms with E-state index in [9.17, 15) is 5.26 Å². The Labute approximate surface area is 244 Å². The number of benzene rings is 3. The molecule has 2 heterocycles. The zero-order valence-corrected chi connectivity index (χ0v) is 23.9. The lowest BCUT2D eigenvalue weighted by molar-refractivity contribution is 0.323. The Morgan fingerprint density at radius 1 is 1.00 bits per heavy atom.